The Morgan fingerprint density at radius 3 is 2.19 bits per heavy atom. The Morgan fingerprint density at radius 1 is 1.03 bits per heavy atom. The van der Waals surface area contributed by atoms with Gasteiger partial charge in [0.15, 0.2) is 0 Å². The number of carbonyl (C=O) groups is 3. The third-order valence-corrected chi connectivity index (χ3v) is 6.12. The molecular weight excluding hydrogens is 412 g/mol. The first kappa shape index (κ1) is 21.8. The van der Waals surface area contributed by atoms with E-state index in [-0.39, 0.29) is 25.2 Å². The minimum atomic E-state index is -0.931. The molecule has 168 valence electrons. The van der Waals surface area contributed by atoms with Crippen LogP contribution in [-0.4, -0.2) is 55.5 Å². The molecule has 0 bridgehead atoms. The Bertz CT molecular complexity index is 972. The van der Waals surface area contributed by atoms with E-state index in [1.807, 2.05) is 36.4 Å². The van der Waals surface area contributed by atoms with Gasteiger partial charge < -0.3 is 25.2 Å². The van der Waals surface area contributed by atoms with Crippen LogP contribution in [0.15, 0.2) is 48.5 Å². The number of amides is 2. The lowest BCUT2D eigenvalue weighted by atomic mass is 9.80. The molecule has 2 aliphatic rings. The minimum absolute atomic E-state index is 0.0227. The Hall–Kier alpha value is -3.39. The van der Waals surface area contributed by atoms with E-state index in [1.54, 1.807) is 0 Å². The van der Waals surface area contributed by atoms with Gasteiger partial charge in [0.1, 0.15) is 12.6 Å². The Balaban J connectivity index is 1.34. The molecule has 0 aromatic heterocycles. The number of nitrogens with one attached hydrogen (secondary N) is 2. The smallest absolute Gasteiger partial charge is 0.407 e. The van der Waals surface area contributed by atoms with Crippen molar-refractivity contribution >= 4 is 18.0 Å². The lowest BCUT2D eigenvalue weighted by molar-refractivity contribution is -0.146. The fourth-order valence-corrected chi connectivity index (χ4v) is 4.37. The van der Waals surface area contributed by atoms with E-state index in [0.29, 0.717) is 12.8 Å². The normalized spacial score (nSPS) is 19.8. The molecule has 8 nitrogen and oxygen atoms in total. The summed E-state index contributed by atoms with van der Waals surface area (Å²) in [6, 6.07) is 14.9. The summed E-state index contributed by atoms with van der Waals surface area (Å²) in [5.41, 5.74) is 4.47. The van der Waals surface area contributed by atoms with Crippen molar-refractivity contribution in [3.8, 4) is 11.1 Å². The number of benzene rings is 2. The van der Waals surface area contributed by atoms with Crippen LogP contribution in [-0.2, 0) is 19.1 Å². The Labute approximate surface area is 185 Å². The second kappa shape index (κ2) is 9.40. The first-order valence-corrected chi connectivity index (χ1v) is 10.6. The zero-order valence-corrected chi connectivity index (χ0v) is 17.7. The predicted octanol–water partition coefficient (Wildman–Crippen LogP) is 2.52. The number of methoxy groups -OCH3 is 1. The number of fused-ring (bicyclic) bond motifs is 3. The van der Waals surface area contributed by atoms with Gasteiger partial charge in [0.05, 0.1) is 12.5 Å². The highest BCUT2D eigenvalue weighted by molar-refractivity contribution is 5.86. The van der Waals surface area contributed by atoms with Crippen molar-refractivity contribution in [1.29, 1.82) is 0 Å². The first-order chi connectivity index (χ1) is 15.5. The van der Waals surface area contributed by atoms with Crippen molar-refractivity contribution in [2.45, 2.75) is 30.8 Å². The van der Waals surface area contributed by atoms with Gasteiger partial charge in [-0.25, -0.2) is 4.79 Å². The maximum absolute atomic E-state index is 12.5. The molecule has 0 unspecified atom stereocenters. The topological polar surface area (TPSA) is 114 Å². The van der Waals surface area contributed by atoms with Crippen molar-refractivity contribution < 1.29 is 29.0 Å². The van der Waals surface area contributed by atoms with Crippen molar-refractivity contribution in [2.75, 3.05) is 20.3 Å². The van der Waals surface area contributed by atoms with Crippen LogP contribution in [0.4, 0.5) is 4.79 Å². The van der Waals surface area contributed by atoms with Gasteiger partial charge in [0.2, 0.25) is 5.91 Å². The van der Waals surface area contributed by atoms with E-state index in [2.05, 4.69) is 22.8 Å². The number of hydrogen-bond acceptors (Lipinski definition) is 5. The van der Waals surface area contributed by atoms with E-state index >= 15 is 0 Å². The average Bonchev–Trinajstić information content (AvgIpc) is 3.07. The molecule has 0 aliphatic heterocycles. The number of carboxylic acids is 1. The zero-order chi connectivity index (χ0) is 22.7. The number of ether oxygens (including phenoxy) is 2. The van der Waals surface area contributed by atoms with E-state index in [9.17, 15) is 14.4 Å². The fourth-order valence-electron chi connectivity index (χ4n) is 4.37. The van der Waals surface area contributed by atoms with Gasteiger partial charge in [-0.1, -0.05) is 48.5 Å². The number of rotatable bonds is 8. The molecule has 4 rings (SSSR count). The number of alkyl carbamates (subject to hydrolysis) is 1. The van der Waals surface area contributed by atoms with Gasteiger partial charge in [-0.05, 0) is 35.1 Å². The highest BCUT2D eigenvalue weighted by Crippen LogP contribution is 2.44. The van der Waals surface area contributed by atoms with Crippen LogP contribution in [0.2, 0.25) is 0 Å². The molecule has 0 heterocycles. The van der Waals surface area contributed by atoms with E-state index in [1.165, 1.54) is 7.11 Å². The summed E-state index contributed by atoms with van der Waals surface area (Å²) < 4.78 is 10.6. The standard InChI is InChI=1S/C24H26N2O6/c1-31-13-21(22(27)25-15-10-14(11-15)23(28)29)26-24(30)32-12-20-18-8-4-2-6-16(18)17-7-3-5-9-19(17)20/h2-9,14-15,20-21H,10-13H2,1H3,(H,25,27)(H,26,30)(H,28,29)/t14?,15?,21-/m0/s1. The van der Waals surface area contributed by atoms with Crippen LogP contribution < -0.4 is 10.6 Å². The van der Waals surface area contributed by atoms with Crippen LogP contribution in [0.1, 0.15) is 29.9 Å². The van der Waals surface area contributed by atoms with Crippen molar-refractivity contribution in [3.05, 3.63) is 59.7 Å². The van der Waals surface area contributed by atoms with Crippen molar-refractivity contribution in [1.82, 2.24) is 10.6 Å². The van der Waals surface area contributed by atoms with E-state index in [0.717, 1.165) is 22.3 Å². The molecule has 8 heteroatoms. The van der Waals surface area contributed by atoms with Gasteiger partial charge >= 0.3 is 12.1 Å². The summed E-state index contributed by atoms with van der Waals surface area (Å²) in [6.07, 6.45) is 0.0540. The summed E-state index contributed by atoms with van der Waals surface area (Å²) in [7, 11) is 1.43. The SMILES string of the molecule is COC[C@H](NC(=O)OCC1c2ccccc2-c2ccccc21)C(=O)NC1CC(C(=O)O)C1. The van der Waals surface area contributed by atoms with Crippen molar-refractivity contribution in [2.24, 2.45) is 5.92 Å². The van der Waals surface area contributed by atoms with Crippen LogP contribution in [0.5, 0.6) is 0 Å². The molecule has 2 aliphatic carbocycles. The third kappa shape index (κ3) is 4.45. The molecule has 1 fully saturated rings. The summed E-state index contributed by atoms with van der Waals surface area (Å²) in [6.45, 7) is 0.120. The van der Waals surface area contributed by atoms with Crippen LogP contribution in [0, 0.1) is 5.92 Å². The minimum Gasteiger partial charge on any atom is -0.481 e. The summed E-state index contributed by atoms with van der Waals surface area (Å²) in [5, 5.41) is 14.3. The fraction of sp³-hybridized carbons (Fsp3) is 0.375. The molecular formula is C24H26N2O6. The molecule has 0 saturated heterocycles. The van der Waals surface area contributed by atoms with Gasteiger partial charge in [0, 0.05) is 19.1 Å². The van der Waals surface area contributed by atoms with E-state index < -0.39 is 29.9 Å². The predicted molar refractivity (Wildman–Crippen MR) is 116 cm³/mol. The third-order valence-electron chi connectivity index (χ3n) is 6.12. The quantitative estimate of drug-likeness (QED) is 0.584. The van der Waals surface area contributed by atoms with Crippen molar-refractivity contribution in [3.63, 3.8) is 0 Å². The molecule has 1 saturated carbocycles. The zero-order valence-electron chi connectivity index (χ0n) is 17.7. The monoisotopic (exact) mass is 438 g/mol. The van der Waals surface area contributed by atoms with Crippen LogP contribution in [0.3, 0.4) is 0 Å². The maximum atomic E-state index is 12.5. The highest BCUT2D eigenvalue weighted by atomic mass is 16.5. The Kier molecular flexibility index (Phi) is 6.41. The lowest BCUT2D eigenvalue weighted by Gasteiger charge is -2.33. The van der Waals surface area contributed by atoms with Gasteiger partial charge in [-0.3, -0.25) is 9.59 Å². The molecule has 0 spiro atoms. The summed E-state index contributed by atoms with van der Waals surface area (Å²) in [5.74, 6) is -1.79. The van der Waals surface area contributed by atoms with Gasteiger partial charge in [0.25, 0.3) is 0 Å². The molecule has 3 N–H and O–H groups in total. The molecule has 2 aromatic carbocycles. The number of hydrogen-bond donors (Lipinski definition) is 3. The second-order valence-corrected chi connectivity index (χ2v) is 8.19. The second-order valence-electron chi connectivity index (χ2n) is 8.19. The maximum Gasteiger partial charge on any atom is 0.407 e. The molecule has 2 aromatic rings. The summed E-state index contributed by atoms with van der Waals surface area (Å²) >= 11 is 0. The largest absolute Gasteiger partial charge is 0.481 e. The van der Waals surface area contributed by atoms with Gasteiger partial charge in [-0.2, -0.15) is 0 Å². The molecule has 0 radical (unpaired) electrons. The van der Waals surface area contributed by atoms with E-state index in [4.69, 9.17) is 14.6 Å². The summed E-state index contributed by atoms with van der Waals surface area (Å²) in [4.78, 5) is 35.9. The van der Waals surface area contributed by atoms with Gasteiger partial charge in [-0.15, -0.1) is 0 Å². The highest BCUT2D eigenvalue weighted by Gasteiger charge is 2.37. The average molecular weight is 438 g/mol. The van der Waals surface area contributed by atoms with Crippen LogP contribution >= 0.6 is 0 Å². The number of carbonyl (C=O) groups excluding carboxylic acids is 2. The number of carboxylic acid groups (broad SMARTS) is 1. The Morgan fingerprint density at radius 2 is 1.62 bits per heavy atom. The number of aliphatic carboxylic acids is 1. The first-order valence-electron chi connectivity index (χ1n) is 10.6. The lowest BCUT2D eigenvalue weighted by Crippen LogP contribution is -2.55. The molecule has 1 atom stereocenters. The molecule has 32 heavy (non-hydrogen) atoms. The molecule has 2 amide bonds. The van der Waals surface area contributed by atoms with Crippen LogP contribution in [0.25, 0.3) is 11.1 Å².